The third-order valence-electron chi connectivity index (χ3n) is 2.58. The highest BCUT2D eigenvalue weighted by atomic mass is 16.6. The van der Waals surface area contributed by atoms with Crippen molar-refractivity contribution in [1.29, 1.82) is 0 Å². The molecular formula is C9H9N5O3. The Hall–Kier alpha value is -2.25. The Bertz CT molecular complexity index is 556. The SMILES string of the molecule is O=[N+]([O-])c1ccnn1Cc1noc(C2CC2)n1. The van der Waals surface area contributed by atoms with Gasteiger partial charge in [0.2, 0.25) is 11.7 Å². The molecule has 0 atom stereocenters. The zero-order valence-corrected chi connectivity index (χ0v) is 8.81. The lowest BCUT2D eigenvalue weighted by Crippen LogP contribution is -2.07. The molecule has 0 bridgehead atoms. The molecule has 17 heavy (non-hydrogen) atoms. The molecule has 1 fully saturated rings. The number of nitrogens with zero attached hydrogens (tertiary/aromatic N) is 5. The molecule has 0 radical (unpaired) electrons. The van der Waals surface area contributed by atoms with E-state index in [-0.39, 0.29) is 12.4 Å². The quantitative estimate of drug-likeness (QED) is 0.581. The van der Waals surface area contributed by atoms with Crippen molar-refractivity contribution < 1.29 is 9.45 Å². The summed E-state index contributed by atoms with van der Waals surface area (Å²) in [7, 11) is 0. The Morgan fingerprint density at radius 3 is 3.12 bits per heavy atom. The smallest absolute Gasteiger partial charge is 0.345 e. The monoisotopic (exact) mass is 235 g/mol. The first-order valence-electron chi connectivity index (χ1n) is 5.23. The third kappa shape index (κ3) is 1.88. The van der Waals surface area contributed by atoms with Crippen molar-refractivity contribution in [3.63, 3.8) is 0 Å². The Kier molecular flexibility index (Phi) is 2.13. The maximum Gasteiger partial charge on any atom is 0.345 e. The number of hydrogen-bond donors (Lipinski definition) is 0. The summed E-state index contributed by atoms with van der Waals surface area (Å²) in [5, 5.41) is 18.3. The second kappa shape index (κ2) is 3.65. The van der Waals surface area contributed by atoms with Gasteiger partial charge in [0, 0.05) is 5.92 Å². The van der Waals surface area contributed by atoms with Gasteiger partial charge in [-0.2, -0.15) is 4.98 Å². The molecule has 0 amide bonds. The lowest BCUT2D eigenvalue weighted by Gasteiger charge is -1.94. The molecule has 1 aliphatic rings. The summed E-state index contributed by atoms with van der Waals surface area (Å²) in [6.45, 7) is 0.152. The predicted molar refractivity (Wildman–Crippen MR) is 54.3 cm³/mol. The van der Waals surface area contributed by atoms with Gasteiger partial charge in [-0.05, 0) is 17.8 Å². The van der Waals surface area contributed by atoms with E-state index >= 15 is 0 Å². The molecular weight excluding hydrogens is 226 g/mol. The van der Waals surface area contributed by atoms with Crippen LogP contribution in [0.2, 0.25) is 0 Å². The number of nitro groups is 1. The molecule has 0 unspecified atom stereocenters. The summed E-state index contributed by atoms with van der Waals surface area (Å²) in [5.74, 6) is 1.33. The van der Waals surface area contributed by atoms with Crippen molar-refractivity contribution in [3.05, 3.63) is 34.1 Å². The summed E-state index contributed by atoms with van der Waals surface area (Å²) in [4.78, 5) is 14.4. The van der Waals surface area contributed by atoms with Crippen LogP contribution in [0.1, 0.15) is 30.5 Å². The van der Waals surface area contributed by atoms with Crippen molar-refractivity contribution in [1.82, 2.24) is 19.9 Å². The van der Waals surface area contributed by atoms with Crippen LogP contribution in [0.25, 0.3) is 0 Å². The maximum absolute atomic E-state index is 10.7. The van der Waals surface area contributed by atoms with Gasteiger partial charge in [0.15, 0.2) is 6.54 Å². The van der Waals surface area contributed by atoms with Crippen LogP contribution in [0.3, 0.4) is 0 Å². The van der Waals surface area contributed by atoms with Gasteiger partial charge in [-0.15, -0.1) is 4.68 Å². The summed E-state index contributed by atoms with van der Waals surface area (Å²) < 4.78 is 6.30. The van der Waals surface area contributed by atoms with Crippen molar-refractivity contribution in [2.75, 3.05) is 0 Å². The van der Waals surface area contributed by atoms with Crippen molar-refractivity contribution in [2.45, 2.75) is 25.3 Å². The van der Waals surface area contributed by atoms with Crippen LogP contribution >= 0.6 is 0 Å². The topological polar surface area (TPSA) is 99.9 Å². The minimum atomic E-state index is -0.491. The fourth-order valence-corrected chi connectivity index (χ4v) is 1.56. The summed E-state index contributed by atoms with van der Waals surface area (Å²) in [6, 6.07) is 1.34. The predicted octanol–water partition coefficient (Wildman–Crippen LogP) is 1.10. The van der Waals surface area contributed by atoms with Gasteiger partial charge in [-0.25, -0.2) is 0 Å². The molecule has 0 spiro atoms. The Balaban J connectivity index is 1.80. The van der Waals surface area contributed by atoms with E-state index in [4.69, 9.17) is 4.52 Å². The van der Waals surface area contributed by atoms with Crippen molar-refractivity contribution in [3.8, 4) is 0 Å². The third-order valence-corrected chi connectivity index (χ3v) is 2.58. The molecule has 1 saturated carbocycles. The zero-order chi connectivity index (χ0) is 11.8. The molecule has 88 valence electrons. The molecule has 0 N–H and O–H groups in total. The molecule has 8 nitrogen and oxygen atoms in total. The van der Waals surface area contributed by atoms with Gasteiger partial charge in [-0.1, -0.05) is 10.3 Å². The van der Waals surface area contributed by atoms with E-state index in [0.717, 1.165) is 12.8 Å². The van der Waals surface area contributed by atoms with Gasteiger partial charge in [0.05, 0.1) is 12.3 Å². The lowest BCUT2D eigenvalue weighted by molar-refractivity contribution is -0.392. The Morgan fingerprint density at radius 1 is 1.59 bits per heavy atom. The highest BCUT2D eigenvalue weighted by Crippen LogP contribution is 2.38. The van der Waals surface area contributed by atoms with E-state index in [1.54, 1.807) is 0 Å². The molecule has 8 heteroatoms. The van der Waals surface area contributed by atoms with E-state index < -0.39 is 4.92 Å². The molecule has 0 saturated heterocycles. The van der Waals surface area contributed by atoms with Gasteiger partial charge >= 0.3 is 5.82 Å². The van der Waals surface area contributed by atoms with Gasteiger partial charge in [-0.3, -0.25) is 0 Å². The van der Waals surface area contributed by atoms with Crippen LogP contribution in [0.4, 0.5) is 5.82 Å². The number of rotatable bonds is 4. The highest BCUT2D eigenvalue weighted by molar-refractivity contribution is 5.17. The van der Waals surface area contributed by atoms with Crippen LogP contribution in [0, 0.1) is 10.1 Å². The first-order valence-corrected chi connectivity index (χ1v) is 5.23. The number of aromatic nitrogens is 4. The van der Waals surface area contributed by atoms with Crippen LogP contribution in [0.15, 0.2) is 16.8 Å². The molecule has 2 aromatic rings. The van der Waals surface area contributed by atoms with Gasteiger partial charge < -0.3 is 14.6 Å². The van der Waals surface area contributed by atoms with E-state index in [0.29, 0.717) is 17.6 Å². The van der Waals surface area contributed by atoms with Crippen LogP contribution in [-0.2, 0) is 6.54 Å². The van der Waals surface area contributed by atoms with E-state index in [2.05, 4.69) is 15.2 Å². The molecule has 1 aliphatic carbocycles. The van der Waals surface area contributed by atoms with E-state index in [9.17, 15) is 10.1 Å². The van der Waals surface area contributed by atoms with Crippen molar-refractivity contribution >= 4 is 5.82 Å². The van der Waals surface area contributed by atoms with Crippen LogP contribution < -0.4 is 0 Å². The average molecular weight is 235 g/mol. The molecule has 2 heterocycles. The largest absolute Gasteiger partial charge is 0.358 e. The molecule has 0 aliphatic heterocycles. The van der Waals surface area contributed by atoms with Crippen LogP contribution in [-0.4, -0.2) is 24.8 Å². The first kappa shape index (κ1) is 9.94. The maximum atomic E-state index is 10.7. The van der Waals surface area contributed by atoms with Gasteiger partial charge in [0.1, 0.15) is 0 Å². The summed E-state index contributed by atoms with van der Waals surface area (Å²) in [5.41, 5.74) is 0. The molecule has 2 aromatic heterocycles. The summed E-state index contributed by atoms with van der Waals surface area (Å²) in [6.07, 6.45) is 3.52. The molecule has 0 aromatic carbocycles. The van der Waals surface area contributed by atoms with E-state index in [1.165, 1.54) is 16.9 Å². The minimum absolute atomic E-state index is 0.0808. The highest BCUT2D eigenvalue weighted by Gasteiger charge is 2.30. The number of hydrogen-bond acceptors (Lipinski definition) is 6. The fourth-order valence-electron chi connectivity index (χ4n) is 1.56. The van der Waals surface area contributed by atoms with Gasteiger partial charge in [0.25, 0.3) is 0 Å². The zero-order valence-electron chi connectivity index (χ0n) is 8.81. The Labute approximate surface area is 95.4 Å². The average Bonchev–Trinajstić information content (AvgIpc) is 2.87. The lowest BCUT2D eigenvalue weighted by atomic mass is 10.4. The normalized spacial score (nSPS) is 15.1. The fraction of sp³-hybridized carbons (Fsp3) is 0.444. The standard InChI is InChI=1S/C9H9N5O3/c15-14(16)8-3-4-10-13(8)5-7-11-9(17-12-7)6-1-2-6/h3-4,6H,1-2,5H2. The second-order valence-electron chi connectivity index (χ2n) is 3.93. The summed E-state index contributed by atoms with van der Waals surface area (Å²) >= 11 is 0. The molecule has 3 rings (SSSR count). The Morgan fingerprint density at radius 2 is 2.41 bits per heavy atom. The van der Waals surface area contributed by atoms with Crippen LogP contribution in [0.5, 0.6) is 0 Å². The second-order valence-corrected chi connectivity index (χ2v) is 3.93. The van der Waals surface area contributed by atoms with E-state index in [1.807, 2.05) is 0 Å². The van der Waals surface area contributed by atoms with Crippen molar-refractivity contribution in [2.24, 2.45) is 0 Å². The minimum Gasteiger partial charge on any atom is -0.358 e. The first-order chi connectivity index (χ1) is 8.24.